The molecule has 1 aromatic heterocycles. The summed E-state index contributed by atoms with van der Waals surface area (Å²) in [5, 5.41) is 7.50. The minimum Gasteiger partial charge on any atom is -0.326 e. The molecule has 3 rings (SSSR count). The van der Waals surface area contributed by atoms with Crippen LogP contribution in [0.1, 0.15) is 48.7 Å². The van der Waals surface area contributed by atoms with Crippen molar-refractivity contribution in [2.75, 3.05) is 5.32 Å². The number of nitrogens with zero attached hydrogens (tertiary/aromatic N) is 2. The van der Waals surface area contributed by atoms with Crippen molar-refractivity contribution < 1.29 is 4.79 Å². The number of rotatable bonds is 8. The molecule has 1 amide bonds. The van der Waals surface area contributed by atoms with Crippen LogP contribution in [0.2, 0.25) is 0 Å². The Morgan fingerprint density at radius 1 is 0.964 bits per heavy atom. The molecule has 0 saturated heterocycles. The molecule has 0 unspecified atom stereocenters. The summed E-state index contributed by atoms with van der Waals surface area (Å²) in [4.78, 5) is 12.3. The monoisotopic (exact) mass is 375 g/mol. The molecule has 0 aliphatic carbocycles. The summed E-state index contributed by atoms with van der Waals surface area (Å²) >= 11 is 0. The second-order valence-corrected chi connectivity index (χ2v) is 7.35. The highest BCUT2D eigenvalue weighted by Gasteiger charge is 2.06. The van der Waals surface area contributed by atoms with Crippen molar-refractivity contribution in [3.63, 3.8) is 0 Å². The zero-order valence-corrected chi connectivity index (χ0v) is 17.0. The predicted octanol–water partition coefficient (Wildman–Crippen LogP) is 5.40. The lowest BCUT2D eigenvalue weighted by molar-refractivity contribution is -0.116. The number of hydrogen-bond acceptors (Lipinski definition) is 2. The van der Waals surface area contributed by atoms with Gasteiger partial charge in [0.1, 0.15) is 0 Å². The van der Waals surface area contributed by atoms with Crippen LogP contribution in [-0.2, 0) is 17.6 Å². The zero-order chi connectivity index (χ0) is 19.9. The van der Waals surface area contributed by atoms with Crippen molar-refractivity contribution >= 4 is 11.6 Å². The molecule has 28 heavy (non-hydrogen) atoms. The molecule has 0 spiro atoms. The average Bonchev–Trinajstić information content (AvgIpc) is 3.04. The maximum atomic E-state index is 12.3. The molecule has 146 valence electrons. The van der Waals surface area contributed by atoms with E-state index in [0.29, 0.717) is 6.42 Å². The minimum atomic E-state index is 0.0453. The van der Waals surface area contributed by atoms with Gasteiger partial charge in [-0.3, -0.25) is 4.79 Å². The fourth-order valence-electron chi connectivity index (χ4n) is 3.31. The number of nitrogens with one attached hydrogen (secondary N) is 1. The third kappa shape index (κ3) is 5.32. The lowest BCUT2D eigenvalue weighted by atomic mass is 10.1. The van der Waals surface area contributed by atoms with Gasteiger partial charge in [0.05, 0.1) is 11.4 Å². The number of carbonyl (C=O) groups is 1. The first-order valence-corrected chi connectivity index (χ1v) is 10.1. The largest absolute Gasteiger partial charge is 0.326 e. The van der Waals surface area contributed by atoms with Crippen molar-refractivity contribution in [2.24, 2.45) is 0 Å². The quantitative estimate of drug-likeness (QED) is 0.573. The van der Waals surface area contributed by atoms with Crippen molar-refractivity contribution in [3.05, 3.63) is 77.1 Å². The maximum Gasteiger partial charge on any atom is 0.224 e. The van der Waals surface area contributed by atoms with Crippen molar-refractivity contribution in [2.45, 2.75) is 52.9 Å². The minimum absolute atomic E-state index is 0.0453. The molecular formula is C24H29N3O. The van der Waals surface area contributed by atoms with Gasteiger partial charge in [0.15, 0.2) is 0 Å². The summed E-state index contributed by atoms with van der Waals surface area (Å²) in [6, 6.07) is 18.5. The van der Waals surface area contributed by atoms with E-state index in [1.807, 2.05) is 23.7 Å². The zero-order valence-electron chi connectivity index (χ0n) is 17.0. The number of hydrogen-bond donors (Lipinski definition) is 1. The van der Waals surface area contributed by atoms with Gasteiger partial charge in [-0.05, 0) is 74.6 Å². The topological polar surface area (TPSA) is 46.9 Å². The SMILES string of the molecule is CCCCc1ccc(NC(=O)CCc2ccc(-n3nc(C)cc3C)cc2)cc1. The van der Waals surface area contributed by atoms with Gasteiger partial charge in [0, 0.05) is 17.8 Å². The molecule has 0 bridgehead atoms. The van der Waals surface area contributed by atoms with Gasteiger partial charge in [-0.25, -0.2) is 4.68 Å². The molecule has 4 heteroatoms. The van der Waals surface area contributed by atoms with Crippen LogP contribution in [0.3, 0.4) is 0 Å². The van der Waals surface area contributed by atoms with Gasteiger partial charge < -0.3 is 5.32 Å². The Hall–Kier alpha value is -2.88. The van der Waals surface area contributed by atoms with Gasteiger partial charge in [-0.1, -0.05) is 37.6 Å². The van der Waals surface area contributed by atoms with E-state index in [1.54, 1.807) is 0 Å². The van der Waals surface area contributed by atoms with Gasteiger partial charge in [0.2, 0.25) is 5.91 Å². The van der Waals surface area contributed by atoms with Gasteiger partial charge in [-0.2, -0.15) is 5.10 Å². The third-order valence-corrected chi connectivity index (χ3v) is 4.89. The standard InChI is InChI=1S/C24H29N3O/c1-4-5-6-20-7-12-22(13-8-20)25-24(28)16-11-21-9-14-23(15-10-21)27-19(3)17-18(2)26-27/h7-10,12-15,17H,4-6,11,16H2,1-3H3,(H,25,28). The molecule has 0 aliphatic heterocycles. The van der Waals surface area contributed by atoms with Crippen LogP contribution >= 0.6 is 0 Å². The Morgan fingerprint density at radius 2 is 1.61 bits per heavy atom. The number of aryl methyl sites for hydroxylation is 4. The fourth-order valence-corrected chi connectivity index (χ4v) is 3.31. The number of unbranched alkanes of at least 4 members (excludes halogenated alkanes) is 1. The summed E-state index contributed by atoms with van der Waals surface area (Å²) in [6.45, 7) is 6.24. The van der Waals surface area contributed by atoms with Crippen LogP contribution in [-0.4, -0.2) is 15.7 Å². The van der Waals surface area contributed by atoms with E-state index in [2.05, 4.69) is 66.7 Å². The predicted molar refractivity (Wildman–Crippen MR) is 115 cm³/mol. The van der Waals surface area contributed by atoms with Crippen LogP contribution in [0.4, 0.5) is 5.69 Å². The molecule has 0 aliphatic rings. The molecule has 0 atom stereocenters. The Bertz CT molecular complexity index is 908. The first-order valence-electron chi connectivity index (χ1n) is 10.1. The highest BCUT2D eigenvalue weighted by atomic mass is 16.1. The molecule has 2 aromatic carbocycles. The van der Waals surface area contributed by atoms with Crippen LogP contribution in [0, 0.1) is 13.8 Å². The molecule has 4 nitrogen and oxygen atoms in total. The molecule has 0 fully saturated rings. The number of benzene rings is 2. The van der Waals surface area contributed by atoms with Gasteiger partial charge >= 0.3 is 0 Å². The van der Waals surface area contributed by atoms with Crippen molar-refractivity contribution in [3.8, 4) is 5.69 Å². The molecule has 1 N–H and O–H groups in total. The van der Waals surface area contributed by atoms with Crippen LogP contribution in [0.5, 0.6) is 0 Å². The van der Waals surface area contributed by atoms with E-state index >= 15 is 0 Å². The van der Waals surface area contributed by atoms with E-state index in [0.717, 1.165) is 41.2 Å². The Balaban J connectivity index is 1.51. The number of carbonyl (C=O) groups excluding carboxylic acids is 1. The first-order chi connectivity index (χ1) is 13.5. The lowest BCUT2D eigenvalue weighted by Gasteiger charge is -2.08. The van der Waals surface area contributed by atoms with E-state index in [1.165, 1.54) is 18.4 Å². The summed E-state index contributed by atoms with van der Waals surface area (Å²) in [6.07, 6.45) is 4.68. The van der Waals surface area contributed by atoms with E-state index in [4.69, 9.17) is 0 Å². The number of aromatic nitrogens is 2. The lowest BCUT2D eigenvalue weighted by Crippen LogP contribution is -2.12. The Labute approximate surface area is 167 Å². The summed E-state index contributed by atoms with van der Waals surface area (Å²) in [5.41, 5.74) is 6.51. The van der Waals surface area contributed by atoms with E-state index < -0.39 is 0 Å². The summed E-state index contributed by atoms with van der Waals surface area (Å²) < 4.78 is 1.94. The van der Waals surface area contributed by atoms with Crippen molar-refractivity contribution in [1.29, 1.82) is 0 Å². The molecule has 0 saturated carbocycles. The van der Waals surface area contributed by atoms with Crippen LogP contribution in [0.25, 0.3) is 5.69 Å². The van der Waals surface area contributed by atoms with E-state index in [9.17, 15) is 4.79 Å². The van der Waals surface area contributed by atoms with Crippen LogP contribution < -0.4 is 5.32 Å². The van der Waals surface area contributed by atoms with E-state index in [-0.39, 0.29) is 5.91 Å². The second kappa shape index (κ2) is 9.36. The smallest absolute Gasteiger partial charge is 0.224 e. The normalized spacial score (nSPS) is 10.8. The van der Waals surface area contributed by atoms with Gasteiger partial charge in [0.25, 0.3) is 0 Å². The van der Waals surface area contributed by atoms with Crippen molar-refractivity contribution in [1.82, 2.24) is 9.78 Å². The van der Waals surface area contributed by atoms with Gasteiger partial charge in [-0.15, -0.1) is 0 Å². The maximum absolute atomic E-state index is 12.3. The highest BCUT2D eigenvalue weighted by molar-refractivity contribution is 5.90. The third-order valence-electron chi connectivity index (χ3n) is 4.89. The molecule has 1 heterocycles. The first kappa shape index (κ1) is 19.9. The molecule has 3 aromatic rings. The Morgan fingerprint density at radius 3 is 2.21 bits per heavy atom. The molecule has 0 radical (unpaired) electrons. The molecular weight excluding hydrogens is 346 g/mol. The fraction of sp³-hybridized carbons (Fsp3) is 0.333. The summed E-state index contributed by atoms with van der Waals surface area (Å²) in [5.74, 6) is 0.0453. The van der Waals surface area contributed by atoms with Crippen LogP contribution in [0.15, 0.2) is 54.6 Å². The number of amides is 1. The summed E-state index contributed by atoms with van der Waals surface area (Å²) in [7, 11) is 0. The average molecular weight is 376 g/mol. The second-order valence-electron chi connectivity index (χ2n) is 7.35. The highest BCUT2D eigenvalue weighted by Crippen LogP contribution is 2.15. The number of anilines is 1. The Kier molecular flexibility index (Phi) is 6.64.